The third-order valence-corrected chi connectivity index (χ3v) is 3.76. The quantitative estimate of drug-likeness (QED) is 0.919. The monoisotopic (exact) mass is 286 g/mol. The number of morpholine rings is 1. The average Bonchev–Trinajstić information content (AvgIpc) is 2.40. The Morgan fingerprint density at radius 2 is 2.37 bits per heavy atom. The van der Waals surface area contributed by atoms with Crippen molar-refractivity contribution in [3.05, 3.63) is 34.6 Å². The van der Waals surface area contributed by atoms with Crippen LogP contribution in [0.5, 0.6) is 0 Å². The van der Waals surface area contributed by atoms with Crippen LogP contribution in [0.25, 0.3) is 0 Å². The fourth-order valence-corrected chi connectivity index (χ4v) is 2.38. The van der Waals surface area contributed by atoms with Crippen LogP contribution in [0.2, 0.25) is 5.02 Å². The summed E-state index contributed by atoms with van der Waals surface area (Å²) in [6, 6.07) is 5.04. The zero-order valence-corrected chi connectivity index (χ0v) is 12.1. The van der Waals surface area contributed by atoms with Gasteiger partial charge in [-0.1, -0.05) is 17.7 Å². The lowest BCUT2D eigenvalue weighted by Crippen LogP contribution is -2.49. The van der Waals surface area contributed by atoms with E-state index in [1.807, 2.05) is 0 Å². The number of likely N-dealkylation sites (N-methyl/N-ethyl adjacent to an activating group) is 1. The normalized spacial score (nSPS) is 22.4. The minimum absolute atomic E-state index is 0.167. The largest absolute Gasteiger partial charge is 0.374 e. The van der Waals surface area contributed by atoms with Crippen molar-refractivity contribution in [1.29, 1.82) is 0 Å². The van der Waals surface area contributed by atoms with Crippen LogP contribution in [0.15, 0.2) is 18.2 Å². The van der Waals surface area contributed by atoms with E-state index in [-0.39, 0.29) is 23.0 Å². The van der Waals surface area contributed by atoms with E-state index in [2.05, 4.69) is 24.2 Å². The molecule has 19 heavy (non-hydrogen) atoms. The Hall–Kier alpha value is -0.680. The van der Waals surface area contributed by atoms with Crippen molar-refractivity contribution < 1.29 is 9.13 Å². The molecule has 0 bridgehead atoms. The Bertz CT molecular complexity index is 430. The van der Waals surface area contributed by atoms with Gasteiger partial charge in [0.25, 0.3) is 0 Å². The summed E-state index contributed by atoms with van der Waals surface area (Å²) in [6.45, 7) is 5.45. The van der Waals surface area contributed by atoms with E-state index >= 15 is 0 Å². The summed E-state index contributed by atoms with van der Waals surface area (Å²) in [5, 5.41) is 3.57. The van der Waals surface area contributed by atoms with Gasteiger partial charge in [-0.2, -0.15) is 0 Å². The number of halogens is 2. The minimum Gasteiger partial charge on any atom is -0.374 e. The lowest BCUT2D eigenvalue weighted by Gasteiger charge is -2.34. The molecule has 0 unspecified atom stereocenters. The van der Waals surface area contributed by atoms with Gasteiger partial charge in [-0.25, -0.2) is 4.39 Å². The molecule has 1 aliphatic heterocycles. The molecule has 1 aromatic rings. The first-order chi connectivity index (χ1) is 9.06. The van der Waals surface area contributed by atoms with E-state index in [1.54, 1.807) is 12.1 Å². The maximum atomic E-state index is 13.1. The van der Waals surface area contributed by atoms with Crippen molar-refractivity contribution >= 4 is 11.6 Å². The number of nitrogens with zero attached hydrogens (tertiary/aromatic N) is 1. The number of rotatable bonds is 4. The zero-order valence-electron chi connectivity index (χ0n) is 11.3. The summed E-state index contributed by atoms with van der Waals surface area (Å²) in [4.78, 5) is 2.26. The second kappa shape index (κ2) is 6.66. The first-order valence-corrected chi connectivity index (χ1v) is 6.91. The van der Waals surface area contributed by atoms with Crippen LogP contribution >= 0.6 is 11.6 Å². The topological polar surface area (TPSA) is 24.5 Å². The van der Waals surface area contributed by atoms with Crippen molar-refractivity contribution in [1.82, 2.24) is 10.2 Å². The molecule has 0 aromatic heterocycles. The number of nitrogens with one attached hydrogen (secondary N) is 1. The Labute approximate surface area is 118 Å². The van der Waals surface area contributed by atoms with Crippen LogP contribution in [-0.2, 0) is 11.3 Å². The Morgan fingerprint density at radius 1 is 1.58 bits per heavy atom. The number of hydrogen-bond acceptors (Lipinski definition) is 3. The van der Waals surface area contributed by atoms with E-state index in [0.717, 1.165) is 25.3 Å². The summed E-state index contributed by atoms with van der Waals surface area (Å²) in [5.74, 6) is -0.379. The highest BCUT2D eigenvalue weighted by Gasteiger charge is 2.23. The second-order valence-electron chi connectivity index (χ2n) is 5.09. The van der Waals surface area contributed by atoms with Crippen LogP contribution in [0.4, 0.5) is 4.39 Å². The number of ether oxygens (including phenoxy) is 1. The first-order valence-electron chi connectivity index (χ1n) is 6.53. The number of hydrogen-bond donors (Lipinski definition) is 1. The molecule has 5 heteroatoms. The third-order valence-electron chi connectivity index (χ3n) is 3.47. The lowest BCUT2D eigenvalue weighted by molar-refractivity contribution is -0.0356. The van der Waals surface area contributed by atoms with Crippen LogP contribution in [0.1, 0.15) is 12.5 Å². The van der Waals surface area contributed by atoms with Gasteiger partial charge in [0, 0.05) is 25.7 Å². The fraction of sp³-hybridized carbons (Fsp3) is 0.571. The van der Waals surface area contributed by atoms with Gasteiger partial charge in [-0.3, -0.25) is 0 Å². The molecule has 1 aliphatic rings. The van der Waals surface area contributed by atoms with Crippen molar-refractivity contribution in [2.45, 2.75) is 25.6 Å². The Morgan fingerprint density at radius 3 is 3.05 bits per heavy atom. The zero-order chi connectivity index (χ0) is 13.8. The van der Waals surface area contributed by atoms with Gasteiger partial charge in [0.15, 0.2) is 0 Å². The molecule has 106 valence electrons. The summed E-state index contributed by atoms with van der Waals surface area (Å²) < 4.78 is 18.8. The van der Waals surface area contributed by atoms with E-state index in [4.69, 9.17) is 16.3 Å². The molecular formula is C14H20ClFN2O. The van der Waals surface area contributed by atoms with Crippen LogP contribution < -0.4 is 5.32 Å². The molecule has 0 spiro atoms. The lowest BCUT2D eigenvalue weighted by atomic mass is 10.1. The van der Waals surface area contributed by atoms with Crippen molar-refractivity contribution in [2.75, 3.05) is 26.7 Å². The molecule has 1 N–H and O–H groups in total. The van der Waals surface area contributed by atoms with E-state index in [9.17, 15) is 4.39 Å². The maximum Gasteiger partial charge on any atom is 0.141 e. The summed E-state index contributed by atoms with van der Waals surface area (Å²) >= 11 is 5.76. The highest BCUT2D eigenvalue weighted by molar-refractivity contribution is 6.30. The second-order valence-corrected chi connectivity index (χ2v) is 5.50. The van der Waals surface area contributed by atoms with E-state index in [0.29, 0.717) is 6.54 Å². The molecule has 0 saturated carbocycles. The van der Waals surface area contributed by atoms with Gasteiger partial charge in [-0.05, 0) is 31.7 Å². The summed E-state index contributed by atoms with van der Waals surface area (Å²) in [7, 11) is 2.10. The van der Waals surface area contributed by atoms with Crippen molar-refractivity contribution in [3.63, 3.8) is 0 Å². The van der Waals surface area contributed by atoms with Gasteiger partial charge in [0.1, 0.15) is 5.82 Å². The Balaban J connectivity index is 1.85. The highest BCUT2D eigenvalue weighted by Crippen LogP contribution is 2.16. The molecule has 1 saturated heterocycles. The number of benzene rings is 1. The maximum absolute atomic E-state index is 13.1. The Kier molecular flexibility index (Phi) is 5.16. The highest BCUT2D eigenvalue weighted by atomic mass is 35.5. The predicted molar refractivity (Wildman–Crippen MR) is 74.9 cm³/mol. The molecule has 1 aromatic carbocycles. The predicted octanol–water partition coefficient (Wildman–Crippen LogP) is 2.29. The standard InChI is InChI=1S/C14H20ClFN2O/c1-10(14-9-18(2)5-6-19-14)17-8-11-3-4-13(16)12(15)7-11/h3-4,7,10,14,17H,5-6,8-9H2,1-2H3/t10-,14+/m0/s1. The minimum atomic E-state index is -0.379. The molecule has 2 rings (SSSR count). The van der Waals surface area contributed by atoms with Crippen LogP contribution in [0, 0.1) is 5.82 Å². The average molecular weight is 287 g/mol. The fourth-order valence-electron chi connectivity index (χ4n) is 2.17. The van der Waals surface area contributed by atoms with E-state index in [1.165, 1.54) is 6.07 Å². The van der Waals surface area contributed by atoms with Crippen LogP contribution in [-0.4, -0.2) is 43.8 Å². The SMILES string of the molecule is C[C@H](NCc1ccc(F)c(Cl)c1)[C@H]1CN(C)CCO1. The summed E-state index contributed by atoms with van der Waals surface area (Å²) in [6.07, 6.45) is 0.190. The van der Waals surface area contributed by atoms with Crippen LogP contribution in [0.3, 0.4) is 0 Å². The molecular weight excluding hydrogens is 267 g/mol. The first kappa shape index (κ1) is 14.7. The van der Waals surface area contributed by atoms with Gasteiger partial charge in [-0.15, -0.1) is 0 Å². The molecule has 0 amide bonds. The molecule has 0 radical (unpaired) electrons. The van der Waals surface area contributed by atoms with Gasteiger partial charge < -0.3 is 15.0 Å². The molecule has 1 fully saturated rings. The molecule has 0 aliphatic carbocycles. The third kappa shape index (κ3) is 4.14. The molecule has 2 atom stereocenters. The molecule has 3 nitrogen and oxygen atoms in total. The van der Waals surface area contributed by atoms with Crippen molar-refractivity contribution in [2.24, 2.45) is 0 Å². The van der Waals surface area contributed by atoms with Crippen molar-refractivity contribution in [3.8, 4) is 0 Å². The molecule has 1 heterocycles. The van der Waals surface area contributed by atoms with Gasteiger partial charge in [0.05, 0.1) is 17.7 Å². The van der Waals surface area contributed by atoms with Gasteiger partial charge in [0.2, 0.25) is 0 Å². The smallest absolute Gasteiger partial charge is 0.141 e. The summed E-state index contributed by atoms with van der Waals surface area (Å²) in [5.41, 5.74) is 0.974. The van der Waals surface area contributed by atoms with E-state index < -0.39 is 0 Å². The van der Waals surface area contributed by atoms with Gasteiger partial charge >= 0.3 is 0 Å².